The van der Waals surface area contributed by atoms with Crippen LogP contribution in [-0.2, 0) is 9.47 Å². The Hall–Kier alpha value is -3.17. The minimum Gasteiger partial charge on any atom is -0.462 e. The molecule has 0 radical (unpaired) electrons. The fourth-order valence-corrected chi connectivity index (χ4v) is 3.25. The summed E-state index contributed by atoms with van der Waals surface area (Å²) in [5.41, 5.74) is 1.05. The van der Waals surface area contributed by atoms with Gasteiger partial charge in [0.15, 0.2) is 0 Å². The monoisotopic (exact) mass is 433 g/mol. The molecule has 1 saturated heterocycles. The molecule has 1 N–H and O–H groups in total. The largest absolute Gasteiger partial charge is 0.462 e. The van der Waals surface area contributed by atoms with Gasteiger partial charge in [0.1, 0.15) is 0 Å². The van der Waals surface area contributed by atoms with Crippen LogP contribution in [0.25, 0.3) is 0 Å². The maximum absolute atomic E-state index is 12.9. The van der Waals surface area contributed by atoms with Gasteiger partial charge in [0, 0.05) is 25.2 Å². The Morgan fingerprint density at radius 3 is 2.63 bits per heavy atom. The molecule has 0 aromatic heterocycles. The van der Waals surface area contributed by atoms with Crippen LogP contribution in [0.15, 0.2) is 36.4 Å². The van der Waals surface area contributed by atoms with Gasteiger partial charge in [0.05, 0.1) is 52.3 Å². The maximum Gasteiger partial charge on any atom is 0.338 e. The fraction of sp³-hybridized carbons (Fsp3) is 0.300. The zero-order chi connectivity index (χ0) is 21.7. The lowest BCUT2D eigenvalue weighted by Crippen LogP contribution is -2.36. The predicted molar refractivity (Wildman–Crippen MR) is 111 cm³/mol. The van der Waals surface area contributed by atoms with Crippen molar-refractivity contribution in [3.8, 4) is 0 Å². The molecule has 0 saturated carbocycles. The zero-order valence-electron chi connectivity index (χ0n) is 16.2. The molecule has 1 aliphatic heterocycles. The summed E-state index contributed by atoms with van der Waals surface area (Å²) in [6, 6.07) is 8.50. The van der Waals surface area contributed by atoms with E-state index in [0.29, 0.717) is 37.7 Å². The second kappa shape index (κ2) is 9.55. The summed E-state index contributed by atoms with van der Waals surface area (Å²) >= 11 is 6.09. The van der Waals surface area contributed by atoms with Crippen molar-refractivity contribution in [1.82, 2.24) is 0 Å². The molecule has 10 heteroatoms. The minimum absolute atomic E-state index is 0.0414. The molecule has 0 bridgehead atoms. The van der Waals surface area contributed by atoms with E-state index in [2.05, 4.69) is 5.32 Å². The number of nitro groups is 1. The molecule has 0 aliphatic carbocycles. The number of carbonyl (C=O) groups is 2. The van der Waals surface area contributed by atoms with E-state index < -0.39 is 16.8 Å². The number of nitro benzene ring substituents is 1. The van der Waals surface area contributed by atoms with Gasteiger partial charge in [0.25, 0.3) is 11.6 Å². The highest BCUT2D eigenvalue weighted by Gasteiger charge is 2.21. The summed E-state index contributed by atoms with van der Waals surface area (Å²) in [5, 5.41) is 13.9. The second-order valence-corrected chi connectivity index (χ2v) is 6.83. The lowest BCUT2D eigenvalue weighted by molar-refractivity contribution is -0.384. The third kappa shape index (κ3) is 4.87. The number of nitrogens with one attached hydrogen (secondary N) is 1. The van der Waals surface area contributed by atoms with Gasteiger partial charge >= 0.3 is 5.97 Å². The molecule has 1 fully saturated rings. The van der Waals surface area contributed by atoms with E-state index in [1.54, 1.807) is 19.1 Å². The van der Waals surface area contributed by atoms with E-state index in [4.69, 9.17) is 21.1 Å². The summed E-state index contributed by atoms with van der Waals surface area (Å²) in [5.74, 6) is -1.14. The maximum atomic E-state index is 12.9. The molecule has 2 aromatic carbocycles. The van der Waals surface area contributed by atoms with Crippen LogP contribution < -0.4 is 10.2 Å². The van der Waals surface area contributed by atoms with Crippen LogP contribution in [0.4, 0.5) is 17.1 Å². The van der Waals surface area contributed by atoms with Crippen molar-refractivity contribution in [3.63, 3.8) is 0 Å². The number of hydrogen-bond acceptors (Lipinski definition) is 7. The van der Waals surface area contributed by atoms with Gasteiger partial charge in [-0.3, -0.25) is 14.9 Å². The molecule has 3 rings (SSSR count). The lowest BCUT2D eigenvalue weighted by Gasteiger charge is -2.30. The van der Waals surface area contributed by atoms with Gasteiger partial charge in [-0.05, 0) is 31.2 Å². The van der Waals surface area contributed by atoms with Gasteiger partial charge in [-0.25, -0.2) is 4.79 Å². The van der Waals surface area contributed by atoms with Crippen LogP contribution in [-0.4, -0.2) is 49.7 Å². The number of carbonyl (C=O) groups excluding carboxylic acids is 2. The van der Waals surface area contributed by atoms with Gasteiger partial charge < -0.3 is 19.7 Å². The number of benzene rings is 2. The highest BCUT2D eigenvalue weighted by Crippen LogP contribution is 2.30. The highest BCUT2D eigenvalue weighted by molar-refractivity contribution is 6.34. The minimum atomic E-state index is -0.626. The molecular formula is C20H20ClN3O6. The number of esters is 1. The molecule has 0 spiro atoms. The number of ether oxygens (including phenoxy) is 2. The van der Waals surface area contributed by atoms with Gasteiger partial charge in [-0.1, -0.05) is 11.6 Å². The van der Waals surface area contributed by atoms with E-state index in [1.807, 2.05) is 4.90 Å². The molecule has 1 heterocycles. The third-order valence-corrected chi connectivity index (χ3v) is 4.84. The number of nitrogens with zero attached hydrogens (tertiary/aromatic N) is 2. The van der Waals surface area contributed by atoms with E-state index >= 15 is 0 Å². The number of amides is 1. The average molecular weight is 434 g/mol. The van der Waals surface area contributed by atoms with Crippen molar-refractivity contribution < 1.29 is 24.0 Å². The summed E-state index contributed by atoms with van der Waals surface area (Å²) in [7, 11) is 0. The first-order valence-electron chi connectivity index (χ1n) is 9.30. The molecule has 0 unspecified atom stereocenters. The third-order valence-electron chi connectivity index (χ3n) is 4.51. The Morgan fingerprint density at radius 2 is 1.97 bits per heavy atom. The zero-order valence-corrected chi connectivity index (χ0v) is 17.0. The topological polar surface area (TPSA) is 111 Å². The first-order chi connectivity index (χ1) is 14.4. The molecule has 9 nitrogen and oxygen atoms in total. The SMILES string of the molecule is CCOC(=O)c1ccc(N2CCOCC2)c(NC(=O)c2cc([N+](=O)[O-])ccc2Cl)c1. The molecule has 0 atom stereocenters. The van der Waals surface area contributed by atoms with E-state index in [9.17, 15) is 19.7 Å². The first kappa shape index (κ1) is 21.5. The number of non-ortho nitro benzene ring substituents is 1. The molecular weight excluding hydrogens is 414 g/mol. The average Bonchev–Trinajstić information content (AvgIpc) is 2.74. The Labute approximate surface area is 177 Å². The lowest BCUT2D eigenvalue weighted by atomic mass is 10.1. The smallest absolute Gasteiger partial charge is 0.338 e. The normalized spacial score (nSPS) is 13.6. The van der Waals surface area contributed by atoms with E-state index in [1.165, 1.54) is 18.2 Å². The van der Waals surface area contributed by atoms with Crippen molar-refractivity contribution >= 4 is 40.5 Å². The van der Waals surface area contributed by atoms with E-state index in [-0.39, 0.29) is 28.4 Å². The van der Waals surface area contributed by atoms with Crippen LogP contribution in [0.1, 0.15) is 27.6 Å². The summed E-state index contributed by atoms with van der Waals surface area (Å²) < 4.78 is 10.4. The Morgan fingerprint density at radius 1 is 1.23 bits per heavy atom. The van der Waals surface area contributed by atoms with Crippen LogP contribution in [0.2, 0.25) is 5.02 Å². The standard InChI is InChI=1S/C20H20ClN3O6/c1-2-30-20(26)13-3-6-18(23-7-9-29-10-8-23)17(11-13)22-19(25)15-12-14(24(27)28)4-5-16(15)21/h3-6,11-12H,2,7-10H2,1H3,(H,22,25). The van der Waals surface area contributed by atoms with Crippen LogP contribution in [0.5, 0.6) is 0 Å². The number of anilines is 2. The van der Waals surface area contributed by atoms with Gasteiger partial charge in [-0.2, -0.15) is 0 Å². The molecule has 1 aliphatic rings. The summed E-state index contributed by atoms with van der Waals surface area (Å²) in [4.78, 5) is 37.5. The second-order valence-electron chi connectivity index (χ2n) is 6.43. The van der Waals surface area contributed by atoms with Crippen molar-refractivity contribution in [3.05, 3.63) is 62.7 Å². The fourth-order valence-electron chi connectivity index (χ4n) is 3.05. The van der Waals surface area contributed by atoms with Crippen molar-refractivity contribution in [2.24, 2.45) is 0 Å². The first-order valence-corrected chi connectivity index (χ1v) is 9.67. The summed E-state index contributed by atoms with van der Waals surface area (Å²) in [6.07, 6.45) is 0. The molecule has 1 amide bonds. The van der Waals surface area contributed by atoms with Gasteiger partial charge in [-0.15, -0.1) is 0 Å². The van der Waals surface area contributed by atoms with Crippen molar-refractivity contribution in [1.29, 1.82) is 0 Å². The van der Waals surface area contributed by atoms with Gasteiger partial charge in [0.2, 0.25) is 0 Å². The van der Waals surface area contributed by atoms with Crippen LogP contribution >= 0.6 is 11.6 Å². The van der Waals surface area contributed by atoms with Crippen molar-refractivity contribution in [2.45, 2.75) is 6.92 Å². The quantitative estimate of drug-likeness (QED) is 0.421. The Kier molecular flexibility index (Phi) is 6.86. The number of morpholine rings is 1. The summed E-state index contributed by atoms with van der Waals surface area (Å²) in [6.45, 7) is 4.20. The highest BCUT2D eigenvalue weighted by atomic mass is 35.5. The Balaban J connectivity index is 1.96. The number of rotatable bonds is 6. The number of hydrogen-bond donors (Lipinski definition) is 1. The molecule has 2 aromatic rings. The van der Waals surface area contributed by atoms with Crippen molar-refractivity contribution in [2.75, 3.05) is 43.1 Å². The predicted octanol–water partition coefficient (Wildman–Crippen LogP) is 3.51. The van der Waals surface area contributed by atoms with Crippen LogP contribution in [0.3, 0.4) is 0 Å². The molecule has 158 valence electrons. The van der Waals surface area contributed by atoms with Crippen LogP contribution in [0, 0.1) is 10.1 Å². The Bertz CT molecular complexity index is 975. The van der Waals surface area contributed by atoms with E-state index in [0.717, 1.165) is 6.07 Å². The number of halogens is 1. The molecule has 30 heavy (non-hydrogen) atoms.